The van der Waals surface area contributed by atoms with Gasteiger partial charge in [0.15, 0.2) is 0 Å². The van der Waals surface area contributed by atoms with Crippen LogP contribution in [0, 0.1) is 13.8 Å². The first kappa shape index (κ1) is 42.9. The molecule has 0 atom stereocenters. The van der Waals surface area contributed by atoms with E-state index < -0.39 is 11.9 Å². The normalized spacial score (nSPS) is 12.9. The highest BCUT2D eigenvalue weighted by molar-refractivity contribution is 5.97. The Labute approximate surface area is 380 Å². The molecule has 10 heterocycles. The molecule has 12 heteroatoms. The number of aryl methyl sites for hydroxylation is 2. The van der Waals surface area contributed by atoms with E-state index in [2.05, 4.69) is 79.5 Å². The molecule has 0 spiro atoms. The van der Waals surface area contributed by atoms with E-state index in [1.807, 2.05) is 101 Å². The standard InChI is InChI=1S/C34H34N4O4.C20H14N4/c1-7-21-17(3)25-13-26-19(5)23(9-11-33(39)40)31(37-26)16-32-24(10-12-34(41)42)20(6)28(38-32)15-30-22(8-2)18(4)27(36-30)14-29(21)35-25;1-2-14-10-16-5-6-18(23-16)12-20-8-7-19(24-20)11-17-4-3-15(22-17)9-13(1)21-14/h7-8,13-16,35-36H,1-2,9-12H2,3-6H3,(H,39,40)(H,41,42);1-12,21-22H. The molecule has 0 saturated heterocycles. The maximum Gasteiger partial charge on any atom is 0.303 e. The van der Waals surface area contributed by atoms with Gasteiger partial charge in [-0.1, -0.05) is 25.3 Å². The van der Waals surface area contributed by atoms with Gasteiger partial charge < -0.3 is 30.1 Å². The van der Waals surface area contributed by atoms with Crippen LogP contribution in [-0.4, -0.2) is 62.0 Å². The van der Waals surface area contributed by atoms with Gasteiger partial charge in [-0.25, -0.2) is 19.9 Å². The zero-order valence-corrected chi connectivity index (χ0v) is 37.1. The summed E-state index contributed by atoms with van der Waals surface area (Å²) in [6, 6.07) is 24.3. The summed E-state index contributed by atoms with van der Waals surface area (Å²) >= 11 is 0. The Morgan fingerprint density at radius 3 is 1.32 bits per heavy atom. The fraction of sp³-hybridized carbons (Fsp3) is 0.148. The maximum absolute atomic E-state index is 11.5. The van der Waals surface area contributed by atoms with Crippen LogP contribution >= 0.6 is 0 Å². The molecule has 12 nitrogen and oxygen atoms in total. The first-order valence-corrected chi connectivity index (χ1v) is 21.7. The average Bonchev–Trinajstić information content (AvgIpc) is 4.17. The summed E-state index contributed by atoms with van der Waals surface area (Å²) in [6.45, 7) is 16.1. The van der Waals surface area contributed by atoms with Crippen molar-refractivity contribution in [1.82, 2.24) is 39.9 Å². The number of aromatic amines is 4. The molecule has 0 saturated carbocycles. The number of hydrogen-bond acceptors (Lipinski definition) is 6. The van der Waals surface area contributed by atoms with E-state index in [0.29, 0.717) is 24.2 Å². The summed E-state index contributed by atoms with van der Waals surface area (Å²) in [4.78, 5) is 56.0. The van der Waals surface area contributed by atoms with Gasteiger partial charge in [0, 0.05) is 68.1 Å². The van der Waals surface area contributed by atoms with Gasteiger partial charge in [-0.15, -0.1) is 0 Å². The minimum Gasteiger partial charge on any atom is -0.481 e. The van der Waals surface area contributed by atoms with Crippen LogP contribution in [0.25, 0.3) is 103 Å². The van der Waals surface area contributed by atoms with Gasteiger partial charge in [0.25, 0.3) is 0 Å². The van der Waals surface area contributed by atoms with Gasteiger partial charge in [-0.2, -0.15) is 0 Å². The Hall–Kier alpha value is -8.38. The van der Waals surface area contributed by atoms with Crippen LogP contribution < -0.4 is 0 Å². The van der Waals surface area contributed by atoms with Crippen LogP contribution in [0.3, 0.4) is 0 Å². The summed E-state index contributed by atoms with van der Waals surface area (Å²) in [5.41, 5.74) is 21.6. The molecule has 6 N–H and O–H groups in total. The van der Waals surface area contributed by atoms with Gasteiger partial charge in [0.1, 0.15) is 0 Å². The number of carboxylic acid groups (broad SMARTS) is 2. The van der Waals surface area contributed by atoms with E-state index in [4.69, 9.17) is 9.97 Å². The number of H-pyrrole nitrogens is 4. The molecule has 328 valence electrons. The van der Waals surface area contributed by atoms with E-state index in [9.17, 15) is 19.8 Å². The number of aliphatic carboxylic acids is 2. The molecule has 4 aliphatic rings. The molecule has 6 aromatic heterocycles. The van der Waals surface area contributed by atoms with Gasteiger partial charge in [0.05, 0.1) is 45.6 Å². The van der Waals surface area contributed by atoms with Crippen molar-refractivity contribution in [2.75, 3.05) is 0 Å². The van der Waals surface area contributed by atoms with Gasteiger partial charge in [-0.05, 0) is 171 Å². The summed E-state index contributed by atoms with van der Waals surface area (Å²) in [5, 5.41) is 18.9. The van der Waals surface area contributed by atoms with Crippen LogP contribution in [0.2, 0.25) is 0 Å². The Morgan fingerprint density at radius 2 is 0.879 bits per heavy atom. The molecule has 4 aliphatic heterocycles. The lowest BCUT2D eigenvalue weighted by atomic mass is 9.98. The summed E-state index contributed by atoms with van der Waals surface area (Å²) < 4.78 is 0. The highest BCUT2D eigenvalue weighted by Crippen LogP contribution is 2.38. The number of aromatic nitrogens is 8. The van der Waals surface area contributed by atoms with Gasteiger partial charge >= 0.3 is 11.9 Å². The van der Waals surface area contributed by atoms with E-state index in [1.165, 1.54) is 0 Å². The maximum atomic E-state index is 11.5. The lowest BCUT2D eigenvalue weighted by Crippen LogP contribution is -1.97. The zero-order chi connectivity index (χ0) is 46.2. The van der Waals surface area contributed by atoms with Crippen LogP contribution in [0.15, 0.2) is 86.0 Å². The van der Waals surface area contributed by atoms with Crippen molar-refractivity contribution < 1.29 is 19.8 Å². The van der Waals surface area contributed by atoms with Crippen molar-refractivity contribution >= 4 is 115 Å². The minimum atomic E-state index is -0.889. The molecule has 0 aromatic carbocycles. The lowest BCUT2D eigenvalue weighted by Gasteiger charge is -2.05. The molecule has 0 fully saturated rings. The Kier molecular flexibility index (Phi) is 11.5. The van der Waals surface area contributed by atoms with E-state index in [0.717, 1.165) is 123 Å². The van der Waals surface area contributed by atoms with E-state index in [-0.39, 0.29) is 12.8 Å². The van der Waals surface area contributed by atoms with E-state index >= 15 is 0 Å². The Morgan fingerprint density at radius 1 is 0.485 bits per heavy atom. The predicted octanol–water partition coefficient (Wildman–Crippen LogP) is 12.5. The van der Waals surface area contributed by atoms with Crippen LogP contribution in [0.4, 0.5) is 0 Å². The highest BCUT2D eigenvalue weighted by atomic mass is 16.4. The van der Waals surface area contributed by atoms with Gasteiger partial charge in [-0.3, -0.25) is 9.59 Å². The SMILES string of the molecule is C1=Cc2cc3ccc(cc4ccc(cc5nc(cc1n2)C=C5)[nH]4)[nH]3.C=Cc1c(C)c2cc3[nH]c(cc4nc(cc5nc(cc1[nH]2)C(C)=C5CCC(=O)O)C(CCC(=O)O)=C4C)c(C)c3C=C. The lowest BCUT2D eigenvalue weighted by molar-refractivity contribution is -0.137. The largest absolute Gasteiger partial charge is 0.481 e. The monoisotopic (exact) mass is 872 g/mol. The van der Waals surface area contributed by atoms with Gasteiger partial charge in [0.2, 0.25) is 0 Å². The number of nitrogens with one attached hydrogen (secondary N) is 4. The molecule has 0 aliphatic carbocycles. The molecule has 66 heavy (non-hydrogen) atoms. The third-order valence-corrected chi connectivity index (χ3v) is 12.3. The number of allylic oxidation sites excluding steroid dienone is 4. The number of carboxylic acids is 2. The molecule has 10 rings (SSSR count). The van der Waals surface area contributed by atoms with Crippen LogP contribution in [0.1, 0.15) is 107 Å². The first-order chi connectivity index (χ1) is 31.8. The number of fused-ring (bicyclic) bond motifs is 16. The average molecular weight is 873 g/mol. The zero-order valence-electron chi connectivity index (χ0n) is 37.1. The summed E-state index contributed by atoms with van der Waals surface area (Å²) in [5.74, 6) is -1.78. The number of hydrogen-bond donors (Lipinski definition) is 6. The molecular formula is C54H48N8O4. The smallest absolute Gasteiger partial charge is 0.303 e. The topological polar surface area (TPSA) is 189 Å². The van der Waals surface area contributed by atoms with Crippen LogP contribution in [0.5, 0.6) is 0 Å². The predicted molar refractivity (Wildman–Crippen MR) is 268 cm³/mol. The van der Waals surface area contributed by atoms with Crippen molar-refractivity contribution in [1.29, 1.82) is 0 Å². The van der Waals surface area contributed by atoms with Crippen molar-refractivity contribution in [3.63, 3.8) is 0 Å². The molecule has 0 radical (unpaired) electrons. The van der Waals surface area contributed by atoms with E-state index in [1.54, 1.807) is 0 Å². The number of carbonyl (C=O) groups is 2. The third kappa shape index (κ3) is 8.76. The first-order valence-electron chi connectivity index (χ1n) is 21.7. The summed E-state index contributed by atoms with van der Waals surface area (Å²) in [7, 11) is 0. The quantitative estimate of drug-likeness (QED) is 0.0869. The van der Waals surface area contributed by atoms with Crippen molar-refractivity contribution in [3.8, 4) is 0 Å². The molecular weight excluding hydrogens is 825 g/mol. The van der Waals surface area contributed by atoms with Crippen LogP contribution in [-0.2, 0) is 9.59 Å². The fourth-order valence-electron chi connectivity index (χ4n) is 8.71. The van der Waals surface area contributed by atoms with Crippen molar-refractivity contribution in [2.24, 2.45) is 0 Å². The fourth-order valence-corrected chi connectivity index (χ4v) is 8.71. The molecule has 6 aromatic rings. The summed E-state index contributed by atoms with van der Waals surface area (Å²) in [6.07, 6.45) is 12.2. The Bertz CT molecular complexity index is 3440. The number of nitrogens with zero attached hydrogens (tertiary/aromatic N) is 4. The van der Waals surface area contributed by atoms with Crippen molar-refractivity contribution in [3.05, 3.63) is 154 Å². The highest BCUT2D eigenvalue weighted by Gasteiger charge is 2.23. The Balaban J connectivity index is 0.000000191. The molecule has 0 amide bonds. The van der Waals surface area contributed by atoms with Crippen molar-refractivity contribution in [2.45, 2.75) is 53.4 Å². The second-order valence-electron chi connectivity index (χ2n) is 16.6. The minimum absolute atomic E-state index is 0.0367. The second kappa shape index (κ2) is 17.6. The third-order valence-electron chi connectivity index (χ3n) is 12.3. The second-order valence-corrected chi connectivity index (χ2v) is 16.6. The molecule has 0 unspecified atom stereocenters. The molecule has 16 bridgehead atoms. The number of rotatable bonds is 8.